The number of hydrogen-bond acceptors (Lipinski definition) is 6. The molecule has 0 spiro atoms. The van der Waals surface area contributed by atoms with Crippen molar-refractivity contribution >= 4 is 23.1 Å². The van der Waals surface area contributed by atoms with E-state index in [0.717, 1.165) is 32.0 Å². The molecule has 1 aromatic carbocycles. The highest BCUT2D eigenvalue weighted by Crippen LogP contribution is 2.25. The third-order valence-electron chi connectivity index (χ3n) is 4.78. The Kier molecular flexibility index (Phi) is 5.97. The standard InChI is InChI=1S/C19H23N5O3/c1-15-16(5-4-6-17(15)24(26)27)21-19(25)8-10-22-11-13-23(14-12-22)18-7-2-3-9-20-18/h2-7,9H,8,10-14H2,1H3,(H,21,25). The van der Waals surface area contributed by atoms with Crippen molar-refractivity contribution in [2.75, 3.05) is 42.9 Å². The van der Waals surface area contributed by atoms with E-state index in [1.807, 2.05) is 18.2 Å². The number of amides is 1. The molecule has 2 heterocycles. The molecule has 1 N–H and O–H groups in total. The summed E-state index contributed by atoms with van der Waals surface area (Å²) in [6.07, 6.45) is 2.15. The molecule has 1 aliphatic rings. The Bertz CT molecular complexity index is 804. The topological polar surface area (TPSA) is 91.6 Å². The van der Waals surface area contributed by atoms with Crippen molar-refractivity contribution in [1.29, 1.82) is 0 Å². The summed E-state index contributed by atoms with van der Waals surface area (Å²) in [5.74, 6) is 0.849. The quantitative estimate of drug-likeness (QED) is 0.621. The Morgan fingerprint density at radius 2 is 1.96 bits per heavy atom. The Labute approximate surface area is 158 Å². The molecule has 8 heteroatoms. The Balaban J connectivity index is 1.47. The molecule has 1 fully saturated rings. The zero-order valence-electron chi connectivity index (χ0n) is 15.3. The summed E-state index contributed by atoms with van der Waals surface area (Å²) < 4.78 is 0. The maximum Gasteiger partial charge on any atom is 0.274 e. The molecule has 0 saturated carbocycles. The van der Waals surface area contributed by atoms with Crippen molar-refractivity contribution in [3.63, 3.8) is 0 Å². The van der Waals surface area contributed by atoms with Gasteiger partial charge >= 0.3 is 0 Å². The van der Waals surface area contributed by atoms with Gasteiger partial charge in [0, 0.05) is 51.4 Å². The molecule has 2 aromatic rings. The number of benzene rings is 1. The SMILES string of the molecule is Cc1c(NC(=O)CCN2CCN(c3ccccn3)CC2)cccc1[N+](=O)[O-]. The summed E-state index contributed by atoms with van der Waals surface area (Å²) in [5.41, 5.74) is 0.979. The van der Waals surface area contributed by atoms with Gasteiger partial charge in [0.1, 0.15) is 5.82 Å². The van der Waals surface area contributed by atoms with E-state index in [0.29, 0.717) is 24.2 Å². The van der Waals surface area contributed by atoms with Gasteiger partial charge in [-0.05, 0) is 25.1 Å². The van der Waals surface area contributed by atoms with E-state index in [1.54, 1.807) is 25.3 Å². The van der Waals surface area contributed by atoms with Crippen molar-refractivity contribution in [3.8, 4) is 0 Å². The maximum atomic E-state index is 12.2. The van der Waals surface area contributed by atoms with Crippen LogP contribution in [0.25, 0.3) is 0 Å². The highest BCUT2D eigenvalue weighted by molar-refractivity contribution is 5.92. The van der Waals surface area contributed by atoms with Crippen LogP contribution in [0.2, 0.25) is 0 Å². The largest absolute Gasteiger partial charge is 0.354 e. The Hall–Kier alpha value is -3.00. The van der Waals surface area contributed by atoms with Crippen LogP contribution in [0, 0.1) is 17.0 Å². The van der Waals surface area contributed by atoms with Crippen LogP contribution in [0.5, 0.6) is 0 Å². The lowest BCUT2D eigenvalue weighted by atomic mass is 10.1. The Morgan fingerprint density at radius 1 is 1.19 bits per heavy atom. The van der Waals surface area contributed by atoms with Crippen LogP contribution in [-0.4, -0.2) is 53.4 Å². The van der Waals surface area contributed by atoms with Gasteiger partial charge in [-0.25, -0.2) is 4.98 Å². The van der Waals surface area contributed by atoms with Crippen LogP contribution >= 0.6 is 0 Å². The minimum atomic E-state index is -0.438. The fourth-order valence-corrected chi connectivity index (χ4v) is 3.17. The van der Waals surface area contributed by atoms with Gasteiger partial charge in [-0.3, -0.25) is 19.8 Å². The molecule has 3 rings (SSSR count). The van der Waals surface area contributed by atoms with Crippen LogP contribution in [0.4, 0.5) is 17.2 Å². The zero-order valence-corrected chi connectivity index (χ0v) is 15.3. The monoisotopic (exact) mass is 369 g/mol. The van der Waals surface area contributed by atoms with Gasteiger partial charge < -0.3 is 10.2 Å². The van der Waals surface area contributed by atoms with E-state index in [1.165, 1.54) is 6.07 Å². The van der Waals surface area contributed by atoms with Crippen molar-refractivity contribution in [3.05, 3.63) is 58.3 Å². The lowest BCUT2D eigenvalue weighted by molar-refractivity contribution is -0.385. The lowest BCUT2D eigenvalue weighted by Gasteiger charge is -2.35. The van der Waals surface area contributed by atoms with Crippen LogP contribution in [0.1, 0.15) is 12.0 Å². The first-order chi connectivity index (χ1) is 13.0. The van der Waals surface area contributed by atoms with Gasteiger partial charge in [0.15, 0.2) is 0 Å². The predicted octanol–water partition coefficient (Wildman–Crippen LogP) is 2.45. The highest BCUT2D eigenvalue weighted by Gasteiger charge is 2.19. The van der Waals surface area contributed by atoms with Gasteiger partial charge in [-0.2, -0.15) is 0 Å². The van der Waals surface area contributed by atoms with E-state index in [9.17, 15) is 14.9 Å². The van der Waals surface area contributed by atoms with Crippen LogP contribution in [-0.2, 0) is 4.79 Å². The van der Waals surface area contributed by atoms with E-state index in [4.69, 9.17) is 0 Å². The van der Waals surface area contributed by atoms with E-state index in [-0.39, 0.29) is 11.6 Å². The molecule has 0 unspecified atom stereocenters. The van der Waals surface area contributed by atoms with Crippen molar-refractivity contribution in [1.82, 2.24) is 9.88 Å². The van der Waals surface area contributed by atoms with E-state index in [2.05, 4.69) is 20.1 Å². The molecule has 0 aliphatic carbocycles. The molecule has 8 nitrogen and oxygen atoms in total. The van der Waals surface area contributed by atoms with Gasteiger partial charge in [0.2, 0.25) is 5.91 Å². The number of nitro benzene ring substituents is 1. The average molecular weight is 369 g/mol. The van der Waals surface area contributed by atoms with E-state index < -0.39 is 4.92 Å². The first kappa shape index (κ1) is 18.8. The summed E-state index contributed by atoms with van der Waals surface area (Å²) in [6, 6.07) is 10.6. The lowest BCUT2D eigenvalue weighted by Crippen LogP contribution is -2.47. The number of pyridine rings is 1. The number of carbonyl (C=O) groups is 1. The average Bonchev–Trinajstić information content (AvgIpc) is 2.69. The number of hydrogen-bond donors (Lipinski definition) is 1. The number of rotatable bonds is 6. The number of aromatic nitrogens is 1. The number of piperazine rings is 1. The zero-order chi connectivity index (χ0) is 19.2. The second kappa shape index (κ2) is 8.59. The van der Waals surface area contributed by atoms with Crippen LogP contribution in [0.3, 0.4) is 0 Å². The smallest absolute Gasteiger partial charge is 0.274 e. The van der Waals surface area contributed by atoms with Gasteiger partial charge in [0.25, 0.3) is 5.69 Å². The summed E-state index contributed by atoms with van der Waals surface area (Å²) in [6.45, 7) is 5.81. The van der Waals surface area contributed by atoms with Crippen LogP contribution in [0.15, 0.2) is 42.6 Å². The van der Waals surface area contributed by atoms with Crippen molar-refractivity contribution < 1.29 is 9.72 Å². The summed E-state index contributed by atoms with van der Waals surface area (Å²) in [4.78, 5) is 31.7. The highest BCUT2D eigenvalue weighted by atomic mass is 16.6. The fraction of sp³-hybridized carbons (Fsp3) is 0.368. The fourth-order valence-electron chi connectivity index (χ4n) is 3.17. The summed E-state index contributed by atoms with van der Waals surface area (Å²) in [7, 11) is 0. The molecule has 142 valence electrons. The molecular weight excluding hydrogens is 346 g/mol. The second-order valence-electron chi connectivity index (χ2n) is 6.52. The normalized spacial score (nSPS) is 14.8. The molecular formula is C19H23N5O3. The molecule has 1 aromatic heterocycles. The first-order valence-electron chi connectivity index (χ1n) is 8.97. The minimum Gasteiger partial charge on any atom is -0.354 e. The summed E-state index contributed by atoms with van der Waals surface area (Å²) in [5, 5.41) is 13.8. The van der Waals surface area contributed by atoms with E-state index >= 15 is 0 Å². The minimum absolute atomic E-state index is 0.0124. The molecule has 1 amide bonds. The summed E-state index contributed by atoms with van der Waals surface area (Å²) >= 11 is 0. The predicted molar refractivity (Wildman–Crippen MR) is 104 cm³/mol. The molecule has 1 saturated heterocycles. The number of nitrogens with one attached hydrogen (secondary N) is 1. The first-order valence-corrected chi connectivity index (χ1v) is 8.97. The number of nitrogens with zero attached hydrogens (tertiary/aromatic N) is 4. The van der Waals surface area contributed by atoms with Gasteiger partial charge in [-0.1, -0.05) is 12.1 Å². The molecule has 0 radical (unpaired) electrons. The molecule has 0 atom stereocenters. The van der Waals surface area contributed by atoms with Gasteiger partial charge in [-0.15, -0.1) is 0 Å². The molecule has 0 bridgehead atoms. The Morgan fingerprint density at radius 3 is 2.63 bits per heavy atom. The van der Waals surface area contributed by atoms with Crippen molar-refractivity contribution in [2.24, 2.45) is 0 Å². The third-order valence-corrected chi connectivity index (χ3v) is 4.78. The molecule has 27 heavy (non-hydrogen) atoms. The number of nitro groups is 1. The van der Waals surface area contributed by atoms with Gasteiger partial charge in [0.05, 0.1) is 16.2 Å². The van der Waals surface area contributed by atoms with Crippen molar-refractivity contribution in [2.45, 2.75) is 13.3 Å². The molecule has 1 aliphatic heterocycles. The number of carbonyl (C=O) groups excluding carboxylic acids is 1. The third kappa shape index (κ3) is 4.79. The second-order valence-corrected chi connectivity index (χ2v) is 6.52. The van der Waals surface area contributed by atoms with Crippen LogP contribution < -0.4 is 10.2 Å². The maximum absolute atomic E-state index is 12.2. The number of anilines is 2.